The molecule has 7 heteroatoms. The summed E-state index contributed by atoms with van der Waals surface area (Å²) in [4.78, 5) is 34.9. The highest BCUT2D eigenvalue weighted by Crippen LogP contribution is 2.14. The second-order valence-corrected chi connectivity index (χ2v) is 4.54. The normalized spacial score (nSPS) is 22.2. The lowest BCUT2D eigenvalue weighted by atomic mass is 10.0. The van der Waals surface area contributed by atoms with Crippen LogP contribution in [0.4, 0.5) is 4.79 Å². The van der Waals surface area contributed by atoms with E-state index in [4.69, 9.17) is 10.2 Å². The highest BCUT2D eigenvalue weighted by Gasteiger charge is 2.39. The number of amides is 2. The first-order valence-electron chi connectivity index (χ1n) is 6.05. The van der Waals surface area contributed by atoms with Crippen LogP contribution in [0.15, 0.2) is 30.3 Å². The van der Waals surface area contributed by atoms with E-state index in [1.807, 2.05) is 6.07 Å². The number of nitrogens with zero attached hydrogens (tertiary/aromatic N) is 1. The van der Waals surface area contributed by atoms with E-state index in [2.05, 4.69) is 5.32 Å². The molecule has 1 aliphatic rings. The Kier molecular flexibility index (Phi) is 3.88. The van der Waals surface area contributed by atoms with E-state index in [0.29, 0.717) is 0 Å². The number of piperazine rings is 1. The fourth-order valence-corrected chi connectivity index (χ4v) is 2.17. The molecule has 0 spiro atoms. The minimum Gasteiger partial charge on any atom is -0.480 e. The summed E-state index contributed by atoms with van der Waals surface area (Å²) in [5.74, 6) is -1.84. The van der Waals surface area contributed by atoms with Gasteiger partial charge in [-0.05, 0) is 5.56 Å². The molecule has 0 aromatic heterocycles. The lowest BCUT2D eigenvalue weighted by molar-refractivity contribution is -0.146. The summed E-state index contributed by atoms with van der Waals surface area (Å²) in [5.41, 5.74) is 0.813. The Hall–Kier alpha value is -2.57. The van der Waals surface area contributed by atoms with Crippen molar-refractivity contribution in [1.29, 1.82) is 0 Å². The second-order valence-electron chi connectivity index (χ2n) is 4.54. The lowest BCUT2D eigenvalue weighted by Gasteiger charge is -2.36. The van der Waals surface area contributed by atoms with Crippen molar-refractivity contribution in [1.82, 2.24) is 10.2 Å². The Balaban J connectivity index is 2.20. The highest BCUT2D eigenvalue weighted by molar-refractivity contribution is 5.91. The van der Waals surface area contributed by atoms with Crippen LogP contribution in [-0.4, -0.2) is 51.7 Å². The van der Waals surface area contributed by atoms with Crippen molar-refractivity contribution in [3.05, 3.63) is 35.9 Å². The van der Waals surface area contributed by atoms with Gasteiger partial charge in [0.25, 0.3) is 0 Å². The van der Waals surface area contributed by atoms with Gasteiger partial charge in [0.1, 0.15) is 12.1 Å². The lowest BCUT2D eigenvalue weighted by Crippen LogP contribution is -2.64. The number of rotatable bonds is 3. The van der Waals surface area contributed by atoms with Gasteiger partial charge in [-0.2, -0.15) is 0 Å². The molecule has 2 unspecified atom stereocenters. The SMILES string of the molecule is O=C(O)C1CN(C(=O)O)C(Cc2ccccc2)C(=O)N1. The second kappa shape index (κ2) is 5.60. The third-order valence-corrected chi connectivity index (χ3v) is 3.19. The monoisotopic (exact) mass is 278 g/mol. The Labute approximate surface area is 114 Å². The molecule has 2 rings (SSSR count). The number of nitrogens with one attached hydrogen (secondary N) is 1. The number of benzene rings is 1. The van der Waals surface area contributed by atoms with Gasteiger partial charge in [0.2, 0.25) is 5.91 Å². The predicted octanol–water partition coefficient (Wildman–Crippen LogP) is 0.161. The number of carboxylic acids is 1. The van der Waals surface area contributed by atoms with Crippen molar-refractivity contribution in [3.8, 4) is 0 Å². The van der Waals surface area contributed by atoms with Gasteiger partial charge in [-0.15, -0.1) is 0 Å². The summed E-state index contributed by atoms with van der Waals surface area (Å²) in [6.45, 7) is -0.256. The fourth-order valence-electron chi connectivity index (χ4n) is 2.17. The Morgan fingerprint density at radius 2 is 1.90 bits per heavy atom. The summed E-state index contributed by atoms with van der Waals surface area (Å²) < 4.78 is 0. The third-order valence-electron chi connectivity index (χ3n) is 3.19. The Bertz CT molecular complexity index is 531. The average Bonchev–Trinajstić information content (AvgIpc) is 2.41. The van der Waals surface area contributed by atoms with E-state index >= 15 is 0 Å². The van der Waals surface area contributed by atoms with Crippen molar-refractivity contribution in [2.24, 2.45) is 0 Å². The molecule has 0 aliphatic carbocycles. The molecular weight excluding hydrogens is 264 g/mol. The molecular formula is C13H14N2O5. The van der Waals surface area contributed by atoms with Crippen LogP contribution in [0.5, 0.6) is 0 Å². The number of carbonyl (C=O) groups is 3. The molecule has 1 heterocycles. The summed E-state index contributed by atoms with van der Waals surface area (Å²) in [6.07, 6.45) is -1.09. The number of carbonyl (C=O) groups excluding carboxylic acids is 1. The van der Waals surface area contributed by atoms with E-state index in [-0.39, 0.29) is 13.0 Å². The van der Waals surface area contributed by atoms with Gasteiger partial charge in [-0.1, -0.05) is 30.3 Å². The van der Waals surface area contributed by atoms with Crippen LogP contribution < -0.4 is 5.32 Å². The zero-order valence-corrected chi connectivity index (χ0v) is 10.5. The van der Waals surface area contributed by atoms with Crippen molar-refractivity contribution >= 4 is 18.0 Å². The zero-order valence-electron chi connectivity index (χ0n) is 10.5. The van der Waals surface area contributed by atoms with Gasteiger partial charge in [0, 0.05) is 6.42 Å². The molecule has 2 amide bonds. The van der Waals surface area contributed by atoms with Gasteiger partial charge in [0.05, 0.1) is 6.54 Å². The maximum atomic E-state index is 11.9. The van der Waals surface area contributed by atoms with Gasteiger partial charge < -0.3 is 15.5 Å². The van der Waals surface area contributed by atoms with Crippen LogP contribution in [0.2, 0.25) is 0 Å². The topological polar surface area (TPSA) is 107 Å². The van der Waals surface area contributed by atoms with Gasteiger partial charge >= 0.3 is 12.1 Å². The number of hydrogen-bond acceptors (Lipinski definition) is 3. The van der Waals surface area contributed by atoms with E-state index in [9.17, 15) is 14.4 Å². The van der Waals surface area contributed by atoms with Crippen molar-refractivity contribution in [3.63, 3.8) is 0 Å². The molecule has 3 N–H and O–H groups in total. The molecule has 7 nitrogen and oxygen atoms in total. The third kappa shape index (κ3) is 2.87. The quantitative estimate of drug-likeness (QED) is 0.730. The average molecular weight is 278 g/mol. The Morgan fingerprint density at radius 1 is 1.25 bits per heavy atom. The van der Waals surface area contributed by atoms with E-state index in [1.165, 1.54) is 0 Å². The van der Waals surface area contributed by atoms with Crippen molar-refractivity contribution in [2.45, 2.75) is 18.5 Å². The van der Waals surface area contributed by atoms with Crippen LogP contribution in [0, 0.1) is 0 Å². The van der Waals surface area contributed by atoms with E-state index < -0.39 is 30.1 Å². The van der Waals surface area contributed by atoms with Crippen molar-refractivity contribution < 1.29 is 24.6 Å². The summed E-state index contributed by atoms with van der Waals surface area (Å²) >= 11 is 0. The molecule has 1 aromatic rings. The van der Waals surface area contributed by atoms with Crippen LogP contribution in [0.25, 0.3) is 0 Å². The largest absolute Gasteiger partial charge is 0.480 e. The molecule has 0 radical (unpaired) electrons. The molecule has 0 bridgehead atoms. The number of carboxylic acid groups (broad SMARTS) is 2. The van der Waals surface area contributed by atoms with Crippen molar-refractivity contribution in [2.75, 3.05) is 6.54 Å². The molecule has 0 saturated carbocycles. The maximum Gasteiger partial charge on any atom is 0.408 e. The molecule has 20 heavy (non-hydrogen) atoms. The summed E-state index contributed by atoms with van der Waals surface area (Å²) in [5, 5.41) is 20.4. The summed E-state index contributed by atoms with van der Waals surface area (Å²) in [7, 11) is 0. The van der Waals surface area contributed by atoms with Gasteiger partial charge in [-0.25, -0.2) is 9.59 Å². The molecule has 1 fully saturated rings. The van der Waals surface area contributed by atoms with Crippen LogP contribution >= 0.6 is 0 Å². The number of aliphatic carboxylic acids is 1. The minimum atomic E-state index is -1.30. The Morgan fingerprint density at radius 3 is 2.45 bits per heavy atom. The number of hydrogen-bond donors (Lipinski definition) is 3. The molecule has 2 atom stereocenters. The molecule has 1 saturated heterocycles. The van der Waals surface area contributed by atoms with Gasteiger partial charge in [-0.3, -0.25) is 9.69 Å². The first-order valence-corrected chi connectivity index (χ1v) is 6.05. The first kappa shape index (κ1) is 13.9. The molecule has 1 aromatic carbocycles. The maximum absolute atomic E-state index is 11.9. The molecule has 106 valence electrons. The van der Waals surface area contributed by atoms with Crippen LogP contribution in [0.1, 0.15) is 5.56 Å². The minimum absolute atomic E-state index is 0.214. The van der Waals surface area contributed by atoms with E-state index in [0.717, 1.165) is 10.5 Å². The molecule has 1 aliphatic heterocycles. The first-order chi connectivity index (χ1) is 9.49. The predicted molar refractivity (Wildman–Crippen MR) is 68.2 cm³/mol. The van der Waals surface area contributed by atoms with Crippen LogP contribution in [-0.2, 0) is 16.0 Å². The smallest absolute Gasteiger partial charge is 0.408 e. The van der Waals surface area contributed by atoms with Gasteiger partial charge in [0.15, 0.2) is 0 Å². The zero-order chi connectivity index (χ0) is 14.7. The summed E-state index contributed by atoms with van der Waals surface area (Å²) in [6, 6.07) is 6.87. The highest BCUT2D eigenvalue weighted by atomic mass is 16.4. The van der Waals surface area contributed by atoms with Crippen LogP contribution in [0.3, 0.4) is 0 Å². The standard InChI is InChI=1S/C13H14N2O5/c16-11-10(6-8-4-2-1-3-5-8)15(13(19)20)7-9(14-11)12(17)18/h1-5,9-10H,6-7H2,(H,14,16)(H,17,18)(H,19,20). The fraction of sp³-hybridized carbons (Fsp3) is 0.308. The van der Waals surface area contributed by atoms with E-state index in [1.54, 1.807) is 24.3 Å².